The fourth-order valence-corrected chi connectivity index (χ4v) is 4.69. The van der Waals surface area contributed by atoms with Crippen molar-refractivity contribution in [1.29, 1.82) is 0 Å². The first kappa shape index (κ1) is 27.3. The Kier molecular flexibility index (Phi) is 9.40. The molecule has 3 aromatic rings. The maximum absolute atomic E-state index is 13.8. The predicted octanol–water partition coefficient (Wildman–Crippen LogP) is 6.85. The number of nitrogens with one attached hydrogen (secondary N) is 1. The first-order chi connectivity index (χ1) is 16.5. The van der Waals surface area contributed by atoms with Crippen molar-refractivity contribution in [1.82, 2.24) is 10.2 Å². The summed E-state index contributed by atoms with van der Waals surface area (Å²) in [5.41, 5.74) is 2.10. The zero-order chi connectivity index (χ0) is 25.6. The number of rotatable bonds is 8. The lowest BCUT2D eigenvalue weighted by Crippen LogP contribution is -2.54. The van der Waals surface area contributed by atoms with Gasteiger partial charge in [0.25, 0.3) is 0 Å². The number of nitrogens with zero attached hydrogens (tertiary/aromatic N) is 1. The standard InChI is InChI=1S/C28H29BrCl2N2O2/c1-28(2,3)32-27(35)25(15-19-8-5-4-6-9-19)33(18-20-10-7-11-22(29)14-20)26(34)16-21-12-13-23(30)17-24(21)31/h4-14,17,25H,15-16,18H2,1-3H3,(H,32,35). The summed E-state index contributed by atoms with van der Waals surface area (Å²) in [6.45, 7) is 6.06. The van der Waals surface area contributed by atoms with E-state index in [-0.39, 0.29) is 24.8 Å². The average Bonchev–Trinajstić information content (AvgIpc) is 2.77. The smallest absolute Gasteiger partial charge is 0.243 e. The Balaban J connectivity index is 2.01. The monoisotopic (exact) mass is 574 g/mol. The SMILES string of the molecule is CC(C)(C)NC(=O)C(Cc1ccccc1)N(Cc1cccc(Br)c1)C(=O)Cc1ccc(Cl)cc1Cl. The molecule has 3 aromatic carbocycles. The van der Waals surface area contributed by atoms with Crippen LogP contribution in [0.15, 0.2) is 77.3 Å². The van der Waals surface area contributed by atoms with Crippen LogP contribution in [0.4, 0.5) is 0 Å². The van der Waals surface area contributed by atoms with Crippen molar-refractivity contribution in [2.24, 2.45) is 0 Å². The first-order valence-electron chi connectivity index (χ1n) is 11.4. The second kappa shape index (κ2) is 12.1. The van der Waals surface area contributed by atoms with Crippen LogP contribution in [0.1, 0.15) is 37.5 Å². The normalized spacial score (nSPS) is 12.2. The highest BCUT2D eigenvalue weighted by molar-refractivity contribution is 9.10. The third-order valence-corrected chi connectivity index (χ3v) is 6.45. The van der Waals surface area contributed by atoms with Crippen LogP contribution in [0.2, 0.25) is 10.0 Å². The Bertz CT molecular complexity index is 1180. The quantitative estimate of drug-likeness (QED) is 0.319. The molecule has 0 aromatic heterocycles. The fourth-order valence-electron chi connectivity index (χ4n) is 3.77. The zero-order valence-corrected chi connectivity index (χ0v) is 23.1. The molecule has 1 atom stereocenters. The lowest BCUT2D eigenvalue weighted by molar-refractivity contribution is -0.141. The minimum Gasteiger partial charge on any atom is -0.350 e. The van der Waals surface area contributed by atoms with Crippen LogP contribution in [0.5, 0.6) is 0 Å². The molecule has 3 rings (SSSR count). The van der Waals surface area contributed by atoms with Gasteiger partial charge < -0.3 is 10.2 Å². The van der Waals surface area contributed by atoms with Gasteiger partial charge in [-0.2, -0.15) is 0 Å². The highest BCUT2D eigenvalue weighted by Crippen LogP contribution is 2.24. The van der Waals surface area contributed by atoms with E-state index in [4.69, 9.17) is 23.2 Å². The highest BCUT2D eigenvalue weighted by Gasteiger charge is 2.32. The Hall–Kier alpha value is -2.34. The van der Waals surface area contributed by atoms with E-state index in [9.17, 15) is 9.59 Å². The molecule has 0 aliphatic rings. The number of carbonyl (C=O) groups is 2. The van der Waals surface area contributed by atoms with E-state index in [0.29, 0.717) is 22.0 Å². The molecule has 0 bridgehead atoms. The van der Waals surface area contributed by atoms with Crippen LogP contribution in [-0.2, 0) is 29.0 Å². The Labute approximate surface area is 225 Å². The van der Waals surface area contributed by atoms with Crippen LogP contribution < -0.4 is 5.32 Å². The van der Waals surface area contributed by atoms with E-state index in [1.54, 1.807) is 23.1 Å². The van der Waals surface area contributed by atoms with Gasteiger partial charge in [0.1, 0.15) is 6.04 Å². The molecule has 0 aliphatic carbocycles. The third kappa shape index (κ3) is 8.38. The highest BCUT2D eigenvalue weighted by atomic mass is 79.9. The predicted molar refractivity (Wildman–Crippen MR) is 147 cm³/mol. The van der Waals surface area contributed by atoms with Gasteiger partial charge in [0.05, 0.1) is 6.42 Å². The molecule has 184 valence electrons. The van der Waals surface area contributed by atoms with Gasteiger partial charge in [-0.15, -0.1) is 0 Å². The van der Waals surface area contributed by atoms with E-state index in [0.717, 1.165) is 15.6 Å². The zero-order valence-electron chi connectivity index (χ0n) is 20.0. The summed E-state index contributed by atoms with van der Waals surface area (Å²) in [7, 11) is 0. The van der Waals surface area contributed by atoms with Gasteiger partial charge in [0.2, 0.25) is 11.8 Å². The summed E-state index contributed by atoms with van der Waals surface area (Å²) in [6, 6.07) is 21.8. The number of hydrogen-bond donors (Lipinski definition) is 1. The average molecular weight is 576 g/mol. The van der Waals surface area contributed by atoms with Gasteiger partial charge in [-0.1, -0.05) is 87.7 Å². The molecule has 1 N–H and O–H groups in total. The van der Waals surface area contributed by atoms with E-state index in [2.05, 4.69) is 21.2 Å². The first-order valence-corrected chi connectivity index (χ1v) is 12.9. The van der Waals surface area contributed by atoms with E-state index in [1.807, 2.05) is 75.4 Å². The topological polar surface area (TPSA) is 49.4 Å². The van der Waals surface area contributed by atoms with Crippen molar-refractivity contribution in [3.05, 3.63) is 104 Å². The number of halogens is 3. The minimum atomic E-state index is -0.714. The maximum atomic E-state index is 13.8. The summed E-state index contributed by atoms with van der Waals surface area (Å²) in [4.78, 5) is 29.0. The molecule has 0 fully saturated rings. The van der Waals surface area contributed by atoms with Crippen LogP contribution in [-0.4, -0.2) is 28.3 Å². The number of hydrogen-bond acceptors (Lipinski definition) is 2. The minimum absolute atomic E-state index is 0.0537. The molecule has 35 heavy (non-hydrogen) atoms. The molecule has 7 heteroatoms. The molecule has 1 unspecified atom stereocenters. The van der Waals surface area contributed by atoms with Gasteiger partial charge in [-0.3, -0.25) is 9.59 Å². The van der Waals surface area contributed by atoms with E-state index in [1.165, 1.54) is 0 Å². The van der Waals surface area contributed by atoms with Crippen LogP contribution >= 0.6 is 39.1 Å². The van der Waals surface area contributed by atoms with Crippen LogP contribution in [0, 0.1) is 0 Å². The van der Waals surface area contributed by atoms with Gasteiger partial charge in [0.15, 0.2) is 0 Å². The fraction of sp³-hybridized carbons (Fsp3) is 0.286. The van der Waals surface area contributed by atoms with E-state index >= 15 is 0 Å². The Morgan fingerprint density at radius 3 is 2.26 bits per heavy atom. The lowest BCUT2D eigenvalue weighted by atomic mass is 10.00. The largest absolute Gasteiger partial charge is 0.350 e. The van der Waals surface area contributed by atoms with Crippen molar-refractivity contribution in [2.75, 3.05) is 0 Å². The summed E-state index contributed by atoms with van der Waals surface area (Å²) < 4.78 is 0.905. The molecule has 0 saturated carbocycles. The molecule has 4 nitrogen and oxygen atoms in total. The Morgan fingerprint density at radius 2 is 1.63 bits per heavy atom. The van der Waals surface area contributed by atoms with Gasteiger partial charge in [-0.05, 0) is 61.7 Å². The van der Waals surface area contributed by atoms with Crippen molar-refractivity contribution >= 4 is 50.9 Å². The molecule has 0 aliphatic heterocycles. The summed E-state index contributed by atoms with van der Waals surface area (Å²) in [5.74, 6) is -0.397. The molecular formula is C28H29BrCl2N2O2. The molecule has 0 spiro atoms. The van der Waals surface area contributed by atoms with Crippen molar-refractivity contribution in [3.63, 3.8) is 0 Å². The number of benzene rings is 3. The Morgan fingerprint density at radius 1 is 0.943 bits per heavy atom. The molecule has 0 radical (unpaired) electrons. The summed E-state index contributed by atoms with van der Waals surface area (Å²) >= 11 is 15.9. The van der Waals surface area contributed by atoms with E-state index < -0.39 is 11.6 Å². The number of amides is 2. The summed E-state index contributed by atoms with van der Waals surface area (Å²) in [6.07, 6.45) is 0.439. The summed E-state index contributed by atoms with van der Waals surface area (Å²) in [5, 5.41) is 4.00. The number of carbonyl (C=O) groups excluding carboxylic acids is 2. The lowest BCUT2D eigenvalue weighted by Gasteiger charge is -2.34. The molecular weight excluding hydrogens is 547 g/mol. The van der Waals surface area contributed by atoms with Gasteiger partial charge in [-0.25, -0.2) is 0 Å². The van der Waals surface area contributed by atoms with Gasteiger partial charge >= 0.3 is 0 Å². The van der Waals surface area contributed by atoms with Crippen molar-refractivity contribution in [3.8, 4) is 0 Å². The second-order valence-corrected chi connectivity index (χ2v) is 11.3. The van der Waals surface area contributed by atoms with Crippen molar-refractivity contribution in [2.45, 2.75) is 51.7 Å². The second-order valence-electron chi connectivity index (χ2n) is 9.51. The van der Waals surface area contributed by atoms with Crippen LogP contribution in [0.25, 0.3) is 0 Å². The third-order valence-electron chi connectivity index (χ3n) is 5.37. The van der Waals surface area contributed by atoms with Crippen molar-refractivity contribution < 1.29 is 9.59 Å². The molecule has 0 heterocycles. The molecule has 0 saturated heterocycles. The maximum Gasteiger partial charge on any atom is 0.243 e. The van der Waals surface area contributed by atoms with Gasteiger partial charge in [0, 0.05) is 33.0 Å². The van der Waals surface area contributed by atoms with Crippen LogP contribution in [0.3, 0.4) is 0 Å². The molecule has 2 amide bonds.